The van der Waals surface area contributed by atoms with E-state index in [2.05, 4.69) is 9.97 Å². The second-order valence-corrected chi connectivity index (χ2v) is 5.60. The van der Waals surface area contributed by atoms with Crippen molar-refractivity contribution in [3.05, 3.63) is 12.4 Å². The summed E-state index contributed by atoms with van der Waals surface area (Å²) < 4.78 is 42.3. The molecule has 0 bridgehead atoms. The number of anilines is 1. The molecule has 0 amide bonds. The highest BCUT2D eigenvalue weighted by Crippen LogP contribution is 2.26. The summed E-state index contributed by atoms with van der Waals surface area (Å²) >= 11 is 0. The maximum atomic E-state index is 12.4. The van der Waals surface area contributed by atoms with Gasteiger partial charge in [-0.2, -0.15) is 13.2 Å². The fourth-order valence-electron chi connectivity index (χ4n) is 2.78. The van der Waals surface area contributed by atoms with Crippen LogP contribution in [-0.4, -0.2) is 61.4 Å². The Hall–Kier alpha value is -1.57. The van der Waals surface area contributed by atoms with E-state index in [1.54, 1.807) is 12.4 Å². The van der Waals surface area contributed by atoms with Gasteiger partial charge in [-0.1, -0.05) is 0 Å². The number of rotatable bonds is 5. The van der Waals surface area contributed by atoms with Gasteiger partial charge in [0, 0.05) is 26.0 Å². The van der Waals surface area contributed by atoms with Gasteiger partial charge in [-0.05, 0) is 31.8 Å². The van der Waals surface area contributed by atoms with Crippen molar-refractivity contribution in [2.24, 2.45) is 5.92 Å². The van der Waals surface area contributed by atoms with Crippen molar-refractivity contribution < 1.29 is 17.9 Å². The molecule has 1 saturated heterocycles. The van der Waals surface area contributed by atoms with E-state index in [0.717, 1.165) is 19.4 Å². The number of alkyl halides is 3. The van der Waals surface area contributed by atoms with Gasteiger partial charge in [-0.15, -0.1) is 0 Å². The molecule has 0 aromatic carbocycles. The van der Waals surface area contributed by atoms with Crippen LogP contribution in [0.2, 0.25) is 0 Å². The summed E-state index contributed by atoms with van der Waals surface area (Å²) in [5.41, 5.74) is 0. The van der Waals surface area contributed by atoms with Crippen molar-refractivity contribution in [1.29, 1.82) is 0 Å². The van der Waals surface area contributed by atoms with Crippen LogP contribution >= 0.6 is 0 Å². The topological polar surface area (TPSA) is 41.5 Å². The number of likely N-dealkylation sites (tertiary alicyclic amines) is 1. The van der Waals surface area contributed by atoms with Gasteiger partial charge in [-0.25, -0.2) is 9.97 Å². The highest BCUT2D eigenvalue weighted by atomic mass is 19.4. The number of ether oxygens (including phenoxy) is 1. The molecule has 0 unspecified atom stereocenters. The van der Waals surface area contributed by atoms with Crippen LogP contribution in [0.4, 0.5) is 19.0 Å². The number of aromatic nitrogens is 2. The zero-order valence-electron chi connectivity index (χ0n) is 12.8. The molecule has 8 heteroatoms. The molecule has 2 heterocycles. The first kappa shape index (κ1) is 16.8. The Balaban J connectivity index is 1.85. The monoisotopic (exact) mass is 318 g/mol. The van der Waals surface area contributed by atoms with E-state index < -0.39 is 12.7 Å². The van der Waals surface area contributed by atoms with E-state index in [1.807, 2.05) is 11.9 Å². The first-order chi connectivity index (χ1) is 10.4. The zero-order valence-corrected chi connectivity index (χ0v) is 12.8. The van der Waals surface area contributed by atoms with Crippen molar-refractivity contribution in [3.8, 4) is 5.88 Å². The normalized spacial score (nSPS) is 17.5. The molecule has 0 spiro atoms. The molecule has 2 rings (SSSR count). The first-order valence-corrected chi connectivity index (χ1v) is 7.24. The molecule has 1 aromatic rings. The molecule has 5 nitrogen and oxygen atoms in total. The molecule has 0 N–H and O–H groups in total. The minimum absolute atomic E-state index is 0.348. The average Bonchev–Trinajstić information content (AvgIpc) is 2.47. The lowest BCUT2D eigenvalue weighted by atomic mass is 9.96. The van der Waals surface area contributed by atoms with E-state index in [9.17, 15) is 13.2 Å². The van der Waals surface area contributed by atoms with Crippen molar-refractivity contribution in [3.63, 3.8) is 0 Å². The third kappa shape index (κ3) is 4.72. The Bertz CT molecular complexity index is 475. The quantitative estimate of drug-likeness (QED) is 0.832. The number of hydrogen-bond donors (Lipinski definition) is 0. The Morgan fingerprint density at radius 2 is 1.91 bits per heavy atom. The predicted molar refractivity (Wildman–Crippen MR) is 77.1 cm³/mol. The Kier molecular flexibility index (Phi) is 5.44. The molecule has 1 aromatic heterocycles. The summed E-state index contributed by atoms with van der Waals surface area (Å²) in [7, 11) is 3.44. The largest absolute Gasteiger partial charge is 0.478 e. The van der Waals surface area contributed by atoms with Gasteiger partial charge < -0.3 is 9.64 Å². The van der Waals surface area contributed by atoms with Crippen LogP contribution in [0.15, 0.2) is 12.4 Å². The minimum atomic E-state index is -4.11. The second kappa shape index (κ2) is 7.13. The smallest absolute Gasteiger partial charge is 0.401 e. The van der Waals surface area contributed by atoms with Gasteiger partial charge in [-0.3, -0.25) is 4.90 Å². The molecule has 1 aliphatic heterocycles. The third-order valence-electron chi connectivity index (χ3n) is 3.84. The lowest BCUT2D eigenvalue weighted by Gasteiger charge is -2.34. The zero-order chi connectivity index (χ0) is 16.2. The van der Waals surface area contributed by atoms with Crippen LogP contribution in [0, 0.1) is 5.92 Å². The van der Waals surface area contributed by atoms with Crippen molar-refractivity contribution >= 4 is 5.82 Å². The van der Waals surface area contributed by atoms with E-state index in [-0.39, 0.29) is 0 Å². The average molecular weight is 318 g/mol. The standard InChI is InChI=1S/C14H21F3N4O/c1-20(12-13(22-2)19-6-5-18-12)9-11-3-7-21(8-4-11)10-14(15,16)17/h5-6,11H,3-4,7-10H2,1-2H3. The fourth-order valence-corrected chi connectivity index (χ4v) is 2.78. The Morgan fingerprint density at radius 1 is 1.27 bits per heavy atom. The third-order valence-corrected chi connectivity index (χ3v) is 3.84. The van der Waals surface area contributed by atoms with E-state index in [4.69, 9.17) is 4.74 Å². The van der Waals surface area contributed by atoms with Crippen LogP contribution in [0.3, 0.4) is 0 Å². The molecule has 0 saturated carbocycles. The van der Waals surface area contributed by atoms with Crippen molar-refractivity contribution in [2.75, 3.05) is 45.2 Å². The number of halogens is 3. The SMILES string of the molecule is COc1nccnc1N(C)CC1CCN(CC(F)(F)F)CC1. The van der Waals surface area contributed by atoms with Crippen molar-refractivity contribution in [2.45, 2.75) is 19.0 Å². The Labute approximate surface area is 128 Å². The van der Waals surface area contributed by atoms with Gasteiger partial charge in [0.2, 0.25) is 0 Å². The first-order valence-electron chi connectivity index (χ1n) is 7.24. The lowest BCUT2D eigenvalue weighted by molar-refractivity contribution is -0.148. The summed E-state index contributed by atoms with van der Waals surface area (Å²) in [5, 5.41) is 0. The molecule has 0 radical (unpaired) electrons. The van der Waals surface area contributed by atoms with E-state index in [1.165, 1.54) is 12.0 Å². The number of piperidine rings is 1. The van der Waals surface area contributed by atoms with Gasteiger partial charge in [0.1, 0.15) is 0 Å². The number of hydrogen-bond acceptors (Lipinski definition) is 5. The summed E-state index contributed by atoms with van der Waals surface area (Å²) in [4.78, 5) is 11.8. The molecular weight excluding hydrogens is 297 g/mol. The summed E-state index contributed by atoms with van der Waals surface area (Å²) in [5.74, 6) is 1.46. The minimum Gasteiger partial charge on any atom is -0.478 e. The van der Waals surface area contributed by atoms with Gasteiger partial charge >= 0.3 is 6.18 Å². The molecular formula is C14H21F3N4O. The van der Waals surface area contributed by atoms with Gasteiger partial charge in [0.25, 0.3) is 5.88 Å². The molecule has 22 heavy (non-hydrogen) atoms. The fraction of sp³-hybridized carbons (Fsp3) is 0.714. The van der Waals surface area contributed by atoms with Crippen molar-refractivity contribution in [1.82, 2.24) is 14.9 Å². The Morgan fingerprint density at radius 3 is 2.50 bits per heavy atom. The summed E-state index contributed by atoms with van der Waals surface area (Å²) in [6, 6.07) is 0. The number of nitrogens with zero attached hydrogens (tertiary/aromatic N) is 4. The van der Waals surface area contributed by atoms with Crippen LogP contribution in [-0.2, 0) is 0 Å². The van der Waals surface area contributed by atoms with Gasteiger partial charge in [0.05, 0.1) is 13.7 Å². The van der Waals surface area contributed by atoms with Gasteiger partial charge in [0.15, 0.2) is 5.82 Å². The maximum Gasteiger partial charge on any atom is 0.401 e. The molecule has 124 valence electrons. The highest BCUT2D eigenvalue weighted by Gasteiger charge is 2.32. The maximum absolute atomic E-state index is 12.4. The van der Waals surface area contributed by atoms with Crippen LogP contribution in [0.25, 0.3) is 0 Å². The highest BCUT2D eigenvalue weighted by molar-refractivity contribution is 5.46. The van der Waals surface area contributed by atoms with E-state index >= 15 is 0 Å². The summed E-state index contributed by atoms with van der Waals surface area (Å²) in [6.45, 7) is 0.883. The molecule has 1 aliphatic rings. The van der Waals surface area contributed by atoms with E-state index in [0.29, 0.717) is 30.7 Å². The van der Waals surface area contributed by atoms with Crippen LogP contribution in [0.5, 0.6) is 5.88 Å². The second-order valence-electron chi connectivity index (χ2n) is 5.60. The van der Waals surface area contributed by atoms with Crippen LogP contribution < -0.4 is 9.64 Å². The molecule has 0 atom stereocenters. The summed E-state index contributed by atoms with van der Waals surface area (Å²) in [6.07, 6.45) is 0.550. The molecule has 1 fully saturated rings. The molecule has 0 aliphatic carbocycles. The van der Waals surface area contributed by atoms with Crippen LogP contribution in [0.1, 0.15) is 12.8 Å². The predicted octanol–water partition coefficient (Wildman–Crippen LogP) is 2.20. The lowest BCUT2D eigenvalue weighted by Crippen LogP contribution is -2.42. The number of methoxy groups -OCH3 is 1.